The van der Waals surface area contributed by atoms with Crippen LogP contribution in [-0.4, -0.2) is 11.2 Å². The third-order valence-corrected chi connectivity index (χ3v) is 3.57. The first-order valence-corrected chi connectivity index (χ1v) is 6.37. The Kier molecular flexibility index (Phi) is 3.80. The Hall–Kier alpha value is -1.34. The van der Waals surface area contributed by atoms with Crippen molar-refractivity contribution < 1.29 is 5.11 Å². The van der Waals surface area contributed by atoms with Crippen LogP contribution < -0.4 is 0 Å². The van der Waals surface area contributed by atoms with Gasteiger partial charge in [-0.1, -0.05) is 55.8 Å². The molecular formula is C16H20O. The summed E-state index contributed by atoms with van der Waals surface area (Å²) in [5, 5.41) is 12.3. The summed E-state index contributed by atoms with van der Waals surface area (Å²) in [5.74, 6) is 0.348. The van der Waals surface area contributed by atoms with E-state index in [1.165, 1.54) is 16.3 Å². The zero-order valence-corrected chi connectivity index (χ0v) is 10.6. The largest absolute Gasteiger partial charge is 0.393 e. The van der Waals surface area contributed by atoms with Crippen LogP contribution in [0.2, 0.25) is 0 Å². The van der Waals surface area contributed by atoms with Gasteiger partial charge in [-0.15, -0.1) is 0 Å². The van der Waals surface area contributed by atoms with Gasteiger partial charge in [0.1, 0.15) is 0 Å². The fourth-order valence-corrected chi connectivity index (χ4v) is 2.41. The van der Waals surface area contributed by atoms with Crippen LogP contribution in [0.5, 0.6) is 0 Å². The minimum Gasteiger partial charge on any atom is -0.393 e. The van der Waals surface area contributed by atoms with E-state index in [9.17, 15) is 5.11 Å². The Morgan fingerprint density at radius 2 is 1.76 bits per heavy atom. The number of hydrogen-bond acceptors (Lipinski definition) is 1. The maximum atomic E-state index is 9.75. The average molecular weight is 228 g/mol. The van der Waals surface area contributed by atoms with Crippen LogP contribution in [0.15, 0.2) is 42.5 Å². The van der Waals surface area contributed by atoms with Gasteiger partial charge in [-0.3, -0.25) is 0 Å². The number of rotatable bonds is 4. The Labute approximate surface area is 103 Å². The Morgan fingerprint density at radius 3 is 2.47 bits per heavy atom. The zero-order chi connectivity index (χ0) is 12.3. The van der Waals surface area contributed by atoms with Crippen molar-refractivity contribution in [3.63, 3.8) is 0 Å². The Morgan fingerprint density at radius 1 is 1.06 bits per heavy atom. The molecule has 0 aliphatic heterocycles. The molecule has 0 aromatic heterocycles. The summed E-state index contributed by atoms with van der Waals surface area (Å²) in [7, 11) is 0. The summed E-state index contributed by atoms with van der Waals surface area (Å²) in [4.78, 5) is 0. The van der Waals surface area contributed by atoms with Crippen LogP contribution in [0.1, 0.15) is 25.8 Å². The van der Waals surface area contributed by atoms with Crippen LogP contribution in [0.3, 0.4) is 0 Å². The second-order valence-corrected chi connectivity index (χ2v) is 4.75. The highest BCUT2D eigenvalue weighted by Crippen LogP contribution is 2.23. The molecule has 0 aliphatic carbocycles. The highest BCUT2D eigenvalue weighted by atomic mass is 16.3. The van der Waals surface area contributed by atoms with Crippen molar-refractivity contribution in [2.75, 3.05) is 0 Å². The van der Waals surface area contributed by atoms with Crippen molar-refractivity contribution >= 4 is 10.8 Å². The van der Waals surface area contributed by atoms with Gasteiger partial charge in [0.25, 0.3) is 0 Å². The molecule has 1 N–H and O–H groups in total. The summed E-state index contributed by atoms with van der Waals surface area (Å²) in [6.45, 7) is 4.03. The lowest BCUT2D eigenvalue weighted by molar-refractivity contribution is 0.123. The molecule has 2 aromatic carbocycles. The first kappa shape index (κ1) is 12.1. The monoisotopic (exact) mass is 228 g/mol. The zero-order valence-electron chi connectivity index (χ0n) is 10.6. The van der Waals surface area contributed by atoms with Crippen molar-refractivity contribution in [2.24, 2.45) is 5.92 Å². The second kappa shape index (κ2) is 5.33. The van der Waals surface area contributed by atoms with E-state index in [1.807, 2.05) is 6.92 Å². The van der Waals surface area contributed by atoms with Crippen LogP contribution in [0, 0.1) is 5.92 Å². The molecule has 0 amide bonds. The molecule has 0 bridgehead atoms. The molecule has 0 fully saturated rings. The van der Waals surface area contributed by atoms with E-state index in [4.69, 9.17) is 0 Å². The molecule has 0 radical (unpaired) electrons. The van der Waals surface area contributed by atoms with E-state index in [0.717, 1.165) is 12.8 Å². The molecule has 2 atom stereocenters. The molecule has 1 heteroatoms. The maximum Gasteiger partial charge on any atom is 0.0543 e. The average Bonchev–Trinajstić information content (AvgIpc) is 2.35. The number of benzene rings is 2. The van der Waals surface area contributed by atoms with E-state index in [-0.39, 0.29) is 6.10 Å². The number of aliphatic hydroxyl groups is 1. The van der Waals surface area contributed by atoms with Gasteiger partial charge in [-0.05, 0) is 35.6 Å². The normalized spacial score (nSPS) is 14.8. The molecule has 0 aliphatic rings. The second-order valence-electron chi connectivity index (χ2n) is 4.75. The van der Waals surface area contributed by atoms with Crippen LogP contribution in [0.25, 0.3) is 10.8 Å². The van der Waals surface area contributed by atoms with E-state index in [2.05, 4.69) is 49.4 Å². The standard InChI is InChI=1S/C16H20O/c1-3-13(12(2)17)11-15-9-6-8-14-7-4-5-10-16(14)15/h4-10,12-13,17H,3,11H2,1-2H3. The molecule has 0 spiro atoms. The van der Waals surface area contributed by atoms with E-state index in [0.29, 0.717) is 5.92 Å². The Balaban J connectivity index is 2.35. The predicted molar refractivity (Wildman–Crippen MR) is 73.1 cm³/mol. The van der Waals surface area contributed by atoms with Gasteiger partial charge in [0, 0.05) is 0 Å². The van der Waals surface area contributed by atoms with Gasteiger partial charge >= 0.3 is 0 Å². The molecule has 2 aromatic rings. The van der Waals surface area contributed by atoms with Gasteiger partial charge in [0.15, 0.2) is 0 Å². The van der Waals surface area contributed by atoms with Crippen LogP contribution in [0.4, 0.5) is 0 Å². The highest BCUT2D eigenvalue weighted by molar-refractivity contribution is 5.85. The van der Waals surface area contributed by atoms with Crippen molar-refractivity contribution in [2.45, 2.75) is 32.8 Å². The van der Waals surface area contributed by atoms with Crippen LogP contribution in [-0.2, 0) is 6.42 Å². The summed E-state index contributed by atoms with van der Waals surface area (Å²) >= 11 is 0. The molecule has 17 heavy (non-hydrogen) atoms. The quantitative estimate of drug-likeness (QED) is 0.844. The summed E-state index contributed by atoms with van der Waals surface area (Å²) in [6, 6.07) is 14.9. The van der Waals surface area contributed by atoms with Gasteiger partial charge in [0.05, 0.1) is 6.10 Å². The topological polar surface area (TPSA) is 20.2 Å². The molecule has 2 unspecified atom stereocenters. The van der Waals surface area contributed by atoms with Gasteiger partial charge in [-0.2, -0.15) is 0 Å². The van der Waals surface area contributed by atoms with E-state index in [1.54, 1.807) is 0 Å². The molecule has 90 valence electrons. The van der Waals surface area contributed by atoms with E-state index < -0.39 is 0 Å². The SMILES string of the molecule is CCC(Cc1cccc2ccccc12)C(C)O. The minimum absolute atomic E-state index is 0.237. The third-order valence-electron chi connectivity index (χ3n) is 3.57. The smallest absolute Gasteiger partial charge is 0.0543 e. The van der Waals surface area contributed by atoms with E-state index >= 15 is 0 Å². The summed E-state index contributed by atoms with van der Waals surface area (Å²) < 4.78 is 0. The number of hydrogen-bond donors (Lipinski definition) is 1. The van der Waals surface area contributed by atoms with Gasteiger partial charge < -0.3 is 5.11 Å². The lowest BCUT2D eigenvalue weighted by Crippen LogP contribution is -2.18. The lowest BCUT2D eigenvalue weighted by Gasteiger charge is -2.19. The maximum absolute atomic E-state index is 9.75. The lowest BCUT2D eigenvalue weighted by atomic mass is 9.90. The minimum atomic E-state index is -0.237. The molecule has 2 rings (SSSR count). The number of fused-ring (bicyclic) bond motifs is 1. The first-order chi connectivity index (χ1) is 8.22. The molecule has 0 saturated heterocycles. The highest BCUT2D eigenvalue weighted by Gasteiger charge is 2.14. The molecular weight excluding hydrogens is 208 g/mol. The van der Waals surface area contributed by atoms with Gasteiger partial charge in [0.2, 0.25) is 0 Å². The Bertz CT molecular complexity index is 482. The van der Waals surface area contributed by atoms with Crippen LogP contribution >= 0.6 is 0 Å². The molecule has 0 saturated carbocycles. The van der Waals surface area contributed by atoms with Crippen molar-refractivity contribution in [1.82, 2.24) is 0 Å². The van der Waals surface area contributed by atoms with Crippen molar-refractivity contribution in [1.29, 1.82) is 0 Å². The van der Waals surface area contributed by atoms with Crippen molar-refractivity contribution in [3.05, 3.63) is 48.0 Å². The molecule has 1 nitrogen and oxygen atoms in total. The predicted octanol–water partition coefficient (Wildman–Crippen LogP) is 3.79. The fraction of sp³-hybridized carbons (Fsp3) is 0.375. The first-order valence-electron chi connectivity index (χ1n) is 6.37. The third kappa shape index (κ3) is 2.67. The summed E-state index contributed by atoms with van der Waals surface area (Å²) in [5.41, 5.74) is 1.34. The fourth-order valence-electron chi connectivity index (χ4n) is 2.41. The number of aliphatic hydroxyl groups excluding tert-OH is 1. The summed E-state index contributed by atoms with van der Waals surface area (Å²) in [6.07, 6.45) is 1.73. The van der Waals surface area contributed by atoms with Gasteiger partial charge in [-0.25, -0.2) is 0 Å². The molecule has 0 heterocycles. The van der Waals surface area contributed by atoms with Crippen molar-refractivity contribution in [3.8, 4) is 0 Å².